The molecule has 0 bridgehead atoms. The summed E-state index contributed by atoms with van der Waals surface area (Å²) in [5.41, 5.74) is 3.18. The van der Waals surface area contributed by atoms with Gasteiger partial charge in [-0.3, -0.25) is 0 Å². The van der Waals surface area contributed by atoms with Crippen LogP contribution in [0.3, 0.4) is 0 Å². The number of benzene rings is 2. The Bertz CT molecular complexity index is 637. The quantitative estimate of drug-likeness (QED) is 0.856. The lowest BCUT2D eigenvalue weighted by molar-refractivity contribution is 0.210. The molecule has 0 aliphatic heterocycles. The molecule has 0 fully saturated rings. The van der Waals surface area contributed by atoms with Gasteiger partial charge in [-0.1, -0.05) is 77.1 Å². The van der Waals surface area contributed by atoms with Crippen molar-refractivity contribution in [1.82, 2.24) is 0 Å². The van der Waals surface area contributed by atoms with E-state index in [2.05, 4.69) is 45.0 Å². The van der Waals surface area contributed by atoms with Gasteiger partial charge in [0, 0.05) is 11.0 Å². The van der Waals surface area contributed by atoms with E-state index in [9.17, 15) is 5.11 Å². The molecule has 1 N–H and O–H groups in total. The van der Waals surface area contributed by atoms with Gasteiger partial charge in [0.05, 0.1) is 6.61 Å². The van der Waals surface area contributed by atoms with Gasteiger partial charge in [0.2, 0.25) is 0 Å². The van der Waals surface area contributed by atoms with Crippen LogP contribution < -0.4 is 4.74 Å². The molecule has 2 aromatic rings. The third-order valence-electron chi connectivity index (χ3n) is 4.21. The standard InChI is InChI=1S/C21H28O2/c1-20(2,3)17-11-12-19(18(13-17)21(4,5)15-22)23-14-16-9-7-6-8-10-16/h6-13,22H,14-15H2,1-5H3. The molecule has 0 radical (unpaired) electrons. The molecular formula is C21H28O2. The van der Waals surface area contributed by atoms with Crippen molar-refractivity contribution < 1.29 is 9.84 Å². The van der Waals surface area contributed by atoms with Gasteiger partial charge in [0.15, 0.2) is 0 Å². The van der Waals surface area contributed by atoms with E-state index in [4.69, 9.17) is 4.74 Å². The minimum absolute atomic E-state index is 0.0677. The lowest BCUT2D eigenvalue weighted by Crippen LogP contribution is -2.24. The Labute approximate surface area is 140 Å². The van der Waals surface area contributed by atoms with Crippen LogP contribution in [0.5, 0.6) is 5.75 Å². The molecule has 2 nitrogen and oxygen atoms in total. The molecule has 0 saturated heterocycles. The largest absolute Gasteiger partial charge is 0.489 e. The van der Waals surface area contributed by atoms with Gasteiger partial charge in [-0.15, -0.1) is 0 Å². The first-order valence-corrected chi connectivity index (χ1v) is 8.16. The minimum atomic E-state index is -0.340. The number of ether oxygens (including phenoxy) is 1. The summed E-state index contributed by atoms with van der Waals surface area (Å²) >= 11 is 0. The maximum Gasteiger partial charge on any atom is 0.123 e. The molecule has 2 heteroatoms. The van der Waals surface area contributed by atoms with Gasteiger partial charge in [0.25, 0.3) is 0 Å². The fourth-order valence-electron chi connectivity index (χ4n) is 2.47. The van der Waals surface area contributed by atoms with Crippen molar-refractivity contribution in [2.24, 2.45) is 0 Å². The van der Waals surface area contributed by atoms with Crippen molar-refractivity contribution >= 4 is 0 Å². The van der Waals surface area contributed by atoms with E-state index < -0.39 is 0 Å². The van der Waals surface area contributed by atoms with E-state index >= 15 is 0 Å². The zero-order valence-electron chi connectivity index (χ0n) is 14.9. The topological polar surface area (TPSA) is 29.5 Å². The van der Waals surface area contributed by atoms with E-state index in [1.807, 2.05) is 38.1 Å². The SMILES string of the molecule is CC(C)(C)c1ccc(OCc2ccccc2)c(C(C)(C)CO)c1. The molecule has 0 heterocycles. The molecule has 0 aromatic heterocycles. The predicted molar refractivity (Wildman–Crippen MR) is 96.0 cm³/mol. The average molecular weight is 312 g/mol. The summed E-state index contributed by atoms with van der Waals surface area (Å²) in [5, 5.41) is 9.80. The van der Waals surface area contributed by atoms with Crippen LogP contribution in [0.2, 0.25) is 0 Å². The highest BCUT2D eigenvalue weighted by Crippen LogP contribution is 2.35. The van der Waals surface area contributed by atoms with Gasteiger partial charge in [-0.25, -0.2) is 0 Å². The summed E-state index contributed by atoms with van der Waals surface area (Å²) in [5.74, 6) is 0.848. The van der Waals surface area contributed by atoms with E-state index in [0.29, 0.717) is 6.61 Å². The number of aliphatic hydroxyl groups excluding tert-OH is 1. The lowest BCUT2D eigenvalue weighted by Gasteiger charge is -2.28. The third kappa shape index (κ3) is 4.35. The van der Waals surface area contributed by atoms with E-state index in [1.165, 1.54) is 5.56 Å². The number of hydrogen-bond donors (Lipinski definition) is 1. The van der Waals surface area contributed by atoms with Crippen LogP contribution in [0.15, 0.2) is 48.5 Å². The van der Waals surface area contributed by atoms with Crippen LogP contribution in [0.25, 0.3) is 0 Å². The lowest BCUT2D eigenvalue weighted by atomic mass is 9.79. The van der Waals surface area contributed by atoms with Crippen LogP contribution in [-0.2, 0) is 17.4 Å². The Hall–Kier alpha value is -1.80. The molecule has 0 unspecified atom stereocenters. The molecule has 0 amide bonds. The Morgan fingerprint density at radius 3 is 2.13 bits per heavy atom. The first kappa shape index (κ1) is 17.6. The van der Waals surface area contributed by atoms with Crippen molar-refractivity contribution in [3.05, 3.63) is 65.2 Å². The Morgan fingerprint density at radius 2 is 1.57 bits per heavy atom. The van der Waals surface area contributed by atoms with Crippen molar-refractivity contribution in [1.29, 1.82) is 0 Å². The van der Waals surface area contributed by atoms with Crippen molar-refractivity contribution in [2.45, 2.75) is 52.1 Å². The first-order valence-electron chi connectivity index (χ1n) is 8.16. The van der Waals surface area contributed by atoms with Gasteiger partial charge in [-0.2, -0.15) is 0 Å². The molecule has 124 valence electrons. The smallest absolute Gasteiger partial charge is 0.123 e. The predicted octanol–water partition coefficient (Wildman–Crippen LogP) is 4.83. The molecule has 23 heavy (non-hydrogen) atoms. The molecule has 2 rings (SSSR count). The second kappa shape index (κ2) is 6.76. The summed E-state index contributed by atoms with van der Waals surface area (Å²) in [6, 6.07) is 16.5. The Kier molecular flexibility index (Phi) is 5.16. The zero-order valence-corrected chi connectivity index (χ0v) is 14.9. The fraction of sp³-hybridized carbons (Fsp3) is 0.429. The molecule has 0 aliphatic rings. The Morgan fingerprint density at radius 1 is 0.913 bits per heavy atom. The maximum absolute atomic E-state index is 9.80. The summed E-state index contributed by atoms with van der Waals surface area (Å²) in [6.07, 6.45) is 0. The van der Waals surface area contributed by atoms with Gasteiger partial charge in [-0.05, 0) is 22.6 Å². The summed E-state index contributed by atoms with van der Waals surface area (Å²) < 4.78 is 6.07. The molecular weight excluding hydrogens is 284 g/mol. The minimum Gasteiger partial charge on any atom is -0.489 e. The molecule has 2 aromatic carbocycles. The highest BCUT2D eigenvalue weighted by atomic mass is 16.5. The van der Waals surface area contributed by atoms with Crippen molar-refractivity contribution in [3.8, 4) is 5.75 Å². The molecule has 0 atom stereocenters. The average Bonchev–Trinajstić information content (AvgIpc) is 2.53. The highest BCUT2D eigenvalue weighted by molar-refractivity contribution is 5.44. The molecule has 0 aliphatic carbocycles. The first-order chi connectivity index (χ1) is 10.7. The normalized spacial score (nSPS) is 12.3. The van der Waals surface area contributed by atoms with Crippen LogP contribution in [0.1, 0.15) is 51.3 Å². The summed E-state index contributed by atoms with van der Waals surface area (Å²) in [7, 11) is 0. The number of rotatable bonds is 5. The second-order valence-corrected chi connectivity index (χ2v) is 7.78. The zero-order chi connectivity index (χ0) is 17.1. The van der Waals surface area contributed by atoms with Crippen molar-refractivity contribution in [2.75, 3.05) is 6.61 Å². The summed E-state index contributed by atoms with van der Waals surface area (Å²) in [4.78, 5) is 0. The van der Waals surface area contributed by atoms with E-state index in [1.54, 1.807) is 0 Å². The van der Waals surface area contributed by atoms with Gasteiger partial charge < -0.3 is 9.84 Å². The summed E-state index contributed by atoms with van der Waals surface area (Å²) in [6.45, 7) is 11.3. The van der Waals surface area contributed by atoms with E-state index in [-0.39, 0.29) is 17.4 Å². The van der Waals surface area contributed by atoms with Crippen LogP contribution in [-0.4, -0.2) is 11.7 Å². The number of hydrogen-bond acceptors (Lipinski definition) is 2. The fourth-order valence-corrected chi connectivity index (χ4v) is 2.47. The van der Waals surface area contributed by atoms with Crippen LogP contribution in [0, 0.1) is 0 Å². The van der Waals surface area contributed by atoms with E-state index in [0.717, 1.165) is 16.9 Å². The van der Waals surface area contributed by atoms with Gasteiger partial charge >= 0.3 is 0 Å². The van der Waals surface area contributed by atoms with Crippen molar-refractivity contribution in [3.63, 3.8) is 0 Å². The molecule has 0 spiro atoms. The van der Waals surface area contributed by atoms with Crippen LogP contribution in [0.4, 0.5) is 0 Å². The molecule has 0 saturated carbocycles. The Balaban J connectivity index is 2.34. The highest BCUT2D eigenvalue weighted by Gasteiger charge is 2.26. The van der Waals surface area contributed by atoms with Crippen LogP contribution >= 0.6 is 0 Å². The second-order valence-electron chi connectivity index (χ2n) is 7.78. The monoisotopic (exact) mass is 312 g/mol. The third-order valence-corrected chi connectivity index (χ3v) is 4.21. The number of aliphatic hydroxyl groups is 1. The van der Waals surface area contributed by atoms with Gasteiger partial charge in [0.1, 0.15) is 12.4 Å². The maximum atomic E-state index is 9.80.